The number of anilines is 1. The number of methoxy groups -OCH3 is 1. The van der Waals surface area contributed by atoms with Crippen molar-refractivity contribution in [1.29, 1.82) is 0 Å². The Balaban J connectivity index is 1.56. The number of amides is 1. The van der Waals surface area contributed by atoms with E-state index >= 15 is 0 Å². The first-order valence-corrected chi connectivity index (χ1v) is 10.5. The van der Waals surface area contributed by atoms with Crippen molar-refractivity contribution in [3.05, 3.63) is 83.9 Å². The van der Waals surface area contributed by atoms with Gasteiger partial charge >= 0.3 is 0 Å². The summed E-state index contributed by atoms with van der Waals surface area (Å²) in [7, 11) is 1.52. The molecule has 0 N–H and O–H groups in total. The van der Waals surface area contributed by atoms with Gasteiger partial charge in [-0.3, -0.25) is 19.3 Å². The molecule has 0 aliphatic carbocycles. The summed E-state index contributed by atoms with van der Waals surface area (Å²) in [6, 6.07) is 15.7. The Kier molecular flexibility index (Phi) is 5.29. The fourth-order valence-corrected chi connectivity index (χ4v) is 4.13. The van der Waals surface area contributed by atoms with Crippen molar-refractivity contribution in [2.75, 3.05) is 12.0 Å². The second-order valence-corrected chi connectivity index (χ2v) is 7.85. The Morgan fingerprint density at radius 2 is 1.74 bits per heavy atom. The van der Waals surface area contributed by atoms with Crippen LogP contribution in [0.25, 0.3) is 11.3 Å². The van der Waals surface area contributed by atoms with Gasteiger partial charge in [0, 0.05) is 28.9 Å². The largest absolute Gasteiger partial charge is 0.497 e. The Labute approximate surface area is 193 Å². The van der Waals surface area contributed by atoms with Crippen LogP contribution in [0.2, 0.25) is 0 Å². The fourth-order valence-electron chi connectivity index (χ4n) is 4.13. The van der Waals surface area contributed by atoms with E-state index in [4.69, 9.17) is 13.8 Å². The van der Waals surface area contributed by atoms with Crippen LogP contribution in [0.3, 0.4) is 0 Å². The monoisotopic (exact) mass is 457 g/mol. The molecule has 2 aromatic heterocycles. The predicted octanol–water partition coefficient (Wildman–Crippen LogP) is 3.80. The van der Waals surface area contributed by atoms with Crippen LogP contribution < -0.4 is 9.64 Å². The highest BCUT2D eigenvalue weighted by Gasteiger charge is 2.53. The lowest BCUT2D eigenvalue weighted by atomic mass is 9.88. The van der Waals surface area contributed by atoms with Crippen LogP contribution in [-0.4, -0.2) is 34.9 Å². The average molecular weight is 457 g/mol. The van der Waals surface area contributed by atoms with Gasteiger partial charge in [0.1, 0.15) is 41.1 Å². The molecular weight excluding hydrogens is 438 g/mol. The molecule has 34 heavy (non-hydrogen) atoms. The molecule has 5 rings (SSSR count). The normalized spacial score (nSPS) is 17.9. The first-order valence-electron chi connectivity index (χ1n) is 10.5. The first-order chi connectivity index (χ1) is 16.5. The Morgan fingerprint density at radius 3 is 2.32 bits per heavy atom. The molecule has 4 aromatic rings. The molecule has 9 nitrogen and oxygen atoms in total. The van der Waals surface area contributed by atoms with Crippen molar-refractivity contribution in [2.45, 2.75) is 13.0 Å². The van der Waals surface area contributed by atoms with Crippen LogP contribution in [0, 0.1) is 12.8 Å². The smallest absolute Gasteiger partial charge is 0.295 e. The van der Waals surface area contributed by atoms with Gasteiger partial charge in [0.15, 0.2) is 5.78 Å². The highest BCUT2D eigenvalue weighted by atomic mass is 16.5. The third kappa shape index (κ3) is 3.57. The van der Waals surface area contributed by atoms with Crippen LogP contribution in [0.5, 0.6) is 5.75 Å². The molecule has 2 atom stereocenters. The number of carbonyl (C=O) groups excluding carboxylic acids is 3. The molecule has 0 bridgehead atoms. The van der Waals surface area contributed by atoms with Gasteiger partial charge in [0.2, 0.25) is 5.78 Å². The van der Waals surface area contributed by atoms with Gasteiger partial charge < -0.3 is 13.8 Å². The molecule has 9 heteroatoms. The molecule has 2 unspecified atom stereocenters. The number of hydrogen-bond donors (Lipinski definition) is 0. The van der Waals surface area contributed by atoms with Gasteiger partial charge in [0.25, 0.3) is 5.91 Å². The van der Waals surface area contributed by atoms with Crippen molar-refractivity contribution in [3.8, 4) is 17.0 Å². The molecule has 3 heterocycles. The number of benzene rings is 2. The molecule has 1 aliphatic rings. The van der Waals surface area contributed by atoms with Crippen LogP contribution >= 0.6 is 0 Å². The zero-order valence-corrected chi connectivity index (χ0v) is 18.3. The van der Waals surface area contributed by atoms with Gasteiger partial charge in [0.05, 0.1) is 7.11 Å². The van der Waals surface area contributed by atoms with E-state index in [2.05, 4.69) is 10.3 Å². The third-order valence-corrected chi connectivity index (χ3v) is 5.79. The SMILES string of the molecule is COc1ccc(C(=O)C2C(=O)C(=O)N(c3ccc(-c4ccon4)cc3)C2c2cc(C)on2)cc1. The first kappa shape index (κ1) is 21.3. The summed E-state index contributed by atoms with van der Waals surface area (Å²) in [5.74, 6) is -2.27. The van der Waals surface area contributed by atoms with Crippen LogP contribution in [-0.2, 0) is 9.59 Å². The summed E-state index contributed by atoms with van der Waals surface area (Å²) in [5, 5.41) is 7.94. The number of aryl methyl sites for hydroxylation is 1. The number of ketones is 2. The molecule has 1 aliphatic heterocycles. The Morgan fingerprint density at radius 1 is 1.00 bits per heavy atom. The maximum absolute atomic E-state index is 13.5. The summed E-state index contributed by atoms with van der Waals surface area (Å²) < 4.78 is 15.2. The highest BCUT2D eigenvalue weighted by molar-refractivity contribution is 6.49. The van der Waals surface area contributed by atoms with E-state index in [1.807, 2.05) is 0 Å². The van der Waals surface area contributed by atoms with Crippen molar-refractivity contribution in [2.24, 2.45) is 5.92 Å². The van der Waals surface area contributed by atoms with E-state index in [1.165, 1.54) is 18.3 Å². The van der Waals surface area contributed by atoms with Gasteiger partial charge in [-0.15, -0.1) is 0 Å². The minimum atomic E-state index is -1.28. The zero-order chi connectivity index (χ0) is 23.8. The molecule has 1 saturated heterocycles. The summed E-state index contributed by atoms with van der Waals surface area (Å²) in [6.45, 7) is 1.70. The van der Waals surface area contributed by atoms with Crippen molar-refractivity contribution in [1.82, 2.24) is 10.3 Å². The van der Waals surface area contributed by atoms with E-state index in [-0.39, 0.29) is 0 Å². The standard InChI is InChI=1S/C25H19N3O6/c1-14-13-20(27-34-14)22-21(23(29)16-5-9-18(32-2)10-6-16)24(30)25(31)28(22)17-7-3-15(4-8-17)19-11-12-33-26-19/h3-13,21-22H,1-2H3. The number of nitrogens with zero attached hydrogens (tertiary/aromatic N) is 3. The van der Waals surface area contributed by atoms with Gasteiger partial charge in [-0.1, -0.05) is 22.4 Å². The average Bonchev–Trinajstić information content (AvgIpc) is 3.60. The number of ether oxygens (including phenoxy) is 1. The molecule has 0 radical (unpaired) electrons. The maximum atomic E-state index is 13.5. The number of hydrogen-bond acceptors (Lipinski definition) is 8. The van der Waals surface area contributed by atoms with Crippen LogP contribution in [0.4, 0.5) is 5.69 Å². The summed E-state index contributed by atoms with van der Waals surface area (Å²) >= 11 is 0. The Bertz CT molecular complexity index is 1360. The van der Waals surface area contributed by atoms with E-state index < -0.39 is 29.4 Å². The number of aromatic nitrogens is 2. The molecule has 2 aromatic carbocycles. The van der Waals surface area contributed by atoms with Crippen molar-refractivity contribution >= 4 is 23.2 Å². The predicted molar refractivity (Wildman–Crippen MR) is 119 cm³/mol. The highest BCUT2D eigenvalue weighted by Crippen LogP contribution is 2.41. The second kappa shape index (κ2) is 8.43. The fraction of sp³-hybridized carbons (Fsp3) is 0.160. The molecule has 170 valence electrons. The lowest BCUT2D eigenvalue weighted by molar-refractivity contribution is -0.135. The van der Waals surface area contributed by atoms with E-state index in [1.54, 1.807) is 67.6 Å². The minimum Gasteiger partial charge on any atom is -0.497 e. The van der Waals surface area contributed by atoms with Crippen molar-refractivity contribution < 1.29 is 28.2 Å². The quantitative estimate of drug-likeness (QED) is 0.244. The lowest BCUT2D eigenvalue weighted by Gasteiger charge is -2.25. The van der Waals surface area contributed by atoms with E-state index in [9.17, 15) is 14.4 Å². The summed E-state index contributed by atoms with van der Waals surface area (Å²) in [6.07, 6.45) is 1.46. The molecule has 1 fully saturated rings. The number of Topliss-reactive ketones (excluding diaryl/α,β-unsaturated/α-hetero) is 2. The van der Waals surface area contributed by atoms with Gasteiger partial charge in [-0.25, -0.2) is 0 Å². The molecular formula is C25H19N3O6. The molecule has 0 spiro atoms. The molecule has 0 saturated carbocycles. The lowest BCUT2D eigenvalue weighted by Crippen LogP contribution is -2.30. The van der Waals surface area contributed by atoms with E-state index in [0.717, 1.165) is 5.56 Å². The van der Waals surface area contributed by atoms with Crippen LogP contribution in [0.1, 0.15) is 27.9 Å². The second-order valence-electron chi connectivity index (χ2n) is 7.85. The van der Waals surface area contributed by atoms with Crippen molar-refractivity contribution in [3.63, 3.8) is 0 Å². The zero-order valence-electron chi connectivity index (χ0n) is 18.3. The topological polar surface area (TPSA) is 116 Å². The van der Waals surface area contributed by atoms with Crippen LogP contribution in [0.15, 0.2) is 76.0 Å². The summed E-state index contributed by atoms with van der Waals surface area (Å²) in [5.41, 5.74) is 2.47. The van der Waals surface area contributed by atoms with Gasteiger partial charge in [-0.2, -0.15) is 0 Å². The number of carbonyl (C=O) groups is 3. The Hall–Kier alpha value is -4.53. The number of rotatable bonds is 6. The third-order valence-electron chi connectivity index (χ3n) is 5.79. The summed E-state index contributed by atoms with van der Waals surface area (Å²) in [4.78, 5) is 41.1. The van der Waals surface area contributed by atoms with Gasteiger partial charge in [-0.05, 0) is 43.3 Å². The molecule has 1 amide bonds. The van der Waals surface area contributed by atoms with E-state index in [0.29, 0.717) is 34.1 Å². The maximum Gasteiger partial charge on any atom is 0.295 e. The minimum absolute atomic E-state index is 0.292.